The molecular weight excluding hydrogens is 483 g/mol. The van der Waals surface area contributed by atoms with Crippen LogP contribution in [0.5, 0.6) is 0 Å². The lowest BCUT2D eigenvalue weighted by Gasteiger charge is -2.19. The number of fused-ring (bicyclic) bond motifs is 1. The highest BCUT2D eigenvalue weighted by Gasteiger charge is 2.23. The molecule has 0 bridgehead atoms. The first kappa shape index (κ1) is 22.5. The van der Waals surface area contributed by atoms with E-state index in [1.807, 2.05) is 53.1 Å². The van der Waals surface area contributed by atoms with Gasteiger partial charge in [-0.1, -0.05) is 43.3 Å². The summed E-state index contributed by atoms with van der Waals surface area (Å²) < 4.78 is 0. The number of carbonyl (C=O) groups excluding carboxylic acids is 1. The normalized spacial score (nSPS) is 14.1. The number of anilines is 1. The third-order valence-corrected chi connectivity index (χ3v) is 5.57. The summed E-state index contributed by atoms with van der Waals surface area (Å²) in [7, 11) is 1.72. The molecule has 0 radical (unpaired) electrons. The molecule has 2 aromatic rings. The summed E-state index contributed by atoms with van der Waals surface area (Å²) in [5.74, 6) is 0.714. The van der Waals surface area contributed by atoms with E-state index < -0.39 is 0 Å². The lowest BCUT2D eigenvalue weighted by atomic mass is 10.2. The molecule has 5 nitrogen and oxygen atoms in total. The molecule has 0 aliphatic carbocycles. The maximum atomic E-state index is 12.6. The number of carbonyl (C=O) groups is 1. The van der Waals surface area contributed by atoms with E-state index in [1.54, 1.807) is 7.05 Å². The van der Waals surface area contributed by atoms with E-state index in [0.717, 1.165) is 25.2 Å². The van der Waals surface area contributed by atoms with Crippen molar-refractivity contribution in [2.24, 2.45) is 4.99 Å². The van der Waals surface area contributed by atoms with Crippen molar-refractivity contribution in [2.45, 2.75) is 23.5 Å². The number of amides is 1. The van der Waals surface area contributed by atoms with Crippen molar-refractivity contribution >= 4 is 53.3 Å². The summed E-state index contributed by atoms with van der Waals surface area (Å²) in [4.78, 5) is 19.9. The predicted molar refractivity (Wildman–Crippen MR) is 129 cm³/mol. The van der Waals surface area contributed by atoms with Gasteiger partial charge in [0.05, 0.1) is 6.54 Å². The molecule has 3 rings (SSSR count). The molecule has 1 amide bonds. The monoisotopic (exact) mass is 510 g/mol. The molecule has 28 heavy (non-hydrogen) atoms. The van der Waals surface area contributed by atoms with Crippen molar-refractivity contribution in [1.82, 2.24) is 10.6 Å². The van der Waals surface area contributed by atoms with Gasteiger partial charge in [0, 0.05) is 36.0 Å². The minimum atomic E-state index is 0. The number of benzene rings is 2. The van der Waals surface area contributed by atoms with Crippen LogP contribution in [0.1, 0.15) is 12.5 Å². The standard InChI is InChI=1S/C21H26N4OS.HI/c1-16(27-18-9-4-3-5-10-18)14-23-21(22-2)24-15-20(26)25-13-12-17-8-6-7-11-19(17)25;/h3-11,16H,12-15H2,1-2H3,(H2,22,23,24);1H. The van der Waals surface area contributed by atoms with Crippen LogP contribution in [0, 0.1) is 0 Å². The van der Waals surface area contributed by atoms with Crippen molar-refractivity contribution < 1.29 is 4.79 Å². The Hall–Kier alpha value is -1.74. The van der Waals surface area contributed by atoms with Gasteiger partial charge < -0.3 is 15.5 Å². The van der Waals surface area contributed by atoms with Gasteiger partial charge in [-0.25, -0.2) is 0 Å². The van der Waals surface area contributed by atoms with Gasteiger partial charge >= 0.3 is 0 Å². The molecule has 2 aromatic carbocycles. The van der Waals surface area contributed by atoms with Crippen molar-refractivity contribution in [3.8, 4) is 0 Å². The zero-order valence-corrected chi connectivity index (χ0v) is 19.4. The van der Waals surface area contributed by atoms with Crippen LogP contribution < -0.4 is 15.5 Å². The van der Waals surface area contributed by atoms with Crippen LogP contribution in [-0.2, 0) is 11.2 Å². The second kappa shape index (κ2) is 11.3. The van der Waals surface area contributed by atoms with Crippen molar-refractivity contribution in [3.63, 3.8) is 0 Å². The number of guanidine groups is 1. The number of rotatable bonds is 6. The second-order valence-electron chi connectivity index (χ2n) is 6.47. The zero-order valence-electron chi connectivity index (χ0n) is 16.2. The Bertz CT molecular complexity index is 800. The molecule has 0 aromatic heterocycles. The van der Waals surface area contributed by atoms with Crippen molar-refractivity contribution in [1.29, 1.82) is 0 Å². The summed E-state index contributed by atoms with van der Waals surface area (Å²) in [6.07, 6.45) is 0.920. The Labute approximate surface area is 188 Å². The van der Waals surface area contributed by atoms with E-state index in [2.05, 4.69) is 40.7 Å². The highest BCUT2D eigenvalue weighted by molar-refractivity contribution is 14.0. The highest BCUT2D eigenvalue weighted by atomic mass is 127. The first-order valence-corrected chi connectivity index (χ1v) is 10.1. The average molecular weight is 510 g/mol. The van der Waals surface area contributed by atoms with Gasteiger partial charge in [0.15, 0.2) is 5.96 Å². The van der Waals surface area contributed by atoms with Crippen LogP contribution in [0.4, 0.5) is 5.69 Å². The predicted octanol–water partition coefficient (Wildman–Crippen LogP) is 3.54. The van der Waals surface area contributed by atoms with Crippen molar-refractivity contribution in [3.05, 3.63) is 60.2 Å². The Balaban J connectivity index is 0.00000280. The van der Waals surface area contributed by atoms with Gasteiger partial charge in [-0.3, -0.25) is 9.79 Å². The smallest absolute Gasteiger partial charge is 0.246 e. The fourth-order valence-electron chi connectivity index (χ4n) is 3.09. The topological polar surface area (TPSA) is 56.7 Å². The first-order chi connectivity index (χ1) is 13.2. The fraction of sp³-hybridized carbons (Fsp3) is 0.333. The Morgan fingerprint density at radius 1 is 1.14 bits per heavy atom. The molecule has 1 aliphatic rings. The molecule has 0 spiro atoms. The van der Waals surface area contributed by atoms with Crippen molar-refractivity contribution in [2.75, 3.05) is 31.6 Å². The number of hydrogen-bond acceptors (Lipinski definition) is 3. The Morgan fingerprint density at radius 2 is 1.86 bits per heavy atom. The molecule has 2 N–H and O–H groups in total. The fourth-order valence-corrected chi connectivity index (χ4v) is 4.03. The van der Waals surface area contributed by atoms with Crippen LogP contribution >= 0.6 is 35.7 Å². The highest BCUT2D eigenvalue weighted by Crippen LogP contribution is 2.27. The van der Waals surface area contributed by atoms with E-state index in [1.165, 1.54) is 10.5 Å². The van der Waals surface area contributed by atoms with Crippen LogP contribution in [-0.4, -0.2) is 43.8 Å². The summed E-state index contributed by atoms with van der Waals surface area (Å²) >= 11 is 1.81. The summed E-state index contributed by atoms with van der Waals surface area (Å²) in [6.45, 7) is 3.91. The average Bonchev–Trinajstić information content (AvgIpc) is 3.13. The summed E-state index contributed by atoms with van der Waals surface area (Å²) in [5, 5.41) is 6.82. The van der Waals surface area contributed by atoms with E-state index in [4.69, 9.17) is 0 Å². The number of para-hydroxylation sites is 1. The number of thioether (sulfide) groups is 1. The molecule has 0 saturated carbocycles. The van der Waals surface area contributed by atoms with Crippen LogP contribution in [0.3, 0.4) is 0 Å². The number of nitrogens with zero attached hydrogens (tertiary/aromatic N) is 2. The van der Waals surface area contributed by atoms with Gasteiger partial charge in [0.2, 0.25) is 5.91 Å². The minimum Gasteiger partial charge on any atom is -0.355 e. The molecular formula is C21H27IN4OS. The van der Waals surface area contributed by atoms with E-state index in [0.29, 0.717) is 11.2 Å². The first-order valence-electron chi connectivity index (χ1n) is 9.22. The molecule has 7 heteroatoms. The number of nitrogens with one attached hydrogen (secondary N) is 2. The molecule has 1 heterocycles. The number of aliphatic imine (C=N–C) groups is 1. The SMILES string of the molecule is CN=C(NCC(=O)N1CCc2ccccc21)NCC(C)Sc1ccccc1.I. The molecule has 1 unspecified atom stereocenters. The zero-order chi connectivity index (χ0) is 19.1. The van der Waals surface area contributed by atoms with Crippen LogP contribution in [0.2, 0.25) is 0 Å². The van der Waals surface area contributed by atoms with E-state index in [-0.39, 0.29) is 36.4 Å². The largest absolute Gasteiger partial charge is 0.355 e. The van der Waals surface area contributed by atoms with E-state index >= 15 is 0 Å². The van der Waals surface area contributed by atoms with Crippen LogP contribution in [0.25, 0.3) is 0 Å². The summed E-state index contributed by atoms with van der Waals surface area (Å²) in [6, 6.07) is 18.4. The van der Waals surface area contributed by atoms with Gasteiger partial charge in [-0.2, -0.15) is 0 Å². The van der Waals surface area contributed by atoms with Gasteiger partial charge in [0.1, 0.15) is 0 Å². The quantitative estimate of drug-likeness (QED) is 0.270. The third-order valence-electron chi connectivity index (χ3n) is 4.46. The third kappa shape index (κ3) is 6.13. The van der Waals surface area contributed by atoms with E-state index in [9.17, 15) is 4.79 Å². The maximum Gasteiger partial charge on any atom is 0.246 e. The Kier molecular flexibility index (Phi) is 9.11. The molecule has 0 fully saturated rings. The number of hydrogen-bond donors (Lipinski definition) is 2. The maximum absolute atomic E-state index is 12.6. The summed E-state index contributed by atoms with van der Waals surface area (Å²) in [5.41, 5.74) is 2.26. The minimum absolute atomic E-state index is 0. The van der Waals surface area contributed by atoms with Gasteiger partial charge in [0.25, 0.3) is 0 Å². The Morgan fingerprint density at radius 3 is 2.61 bits per heavy atom. The van der Waals surface area contributed by atoms with Gasteiger partial charge in [-0.15, -0.1) is 35.7 Å². The molecule has 1 atom stereocenters. The second-order valence-corrected chi connectivity index (χ2v) is 7.98. The lowest BCUT2D eigenvalue weighted by Crippen LogP contribution is -2.45. The molecule has 150 valence electrons. The lowest BCUT2D eigenvalue weighted by molar-refractivity contribution is -0.117. The number of halogens is 1. The van der Waals surface area contributed by atoms with Gasteiger partial charge in [-0.05, 0) is 30.2 Å². The molecule has 0 saturated heterocycles. The van der Waals surface area contributed by atoms with Crippen LogP contribution in [0.15, 0.2) is 64.5 Å². The molecule has 1 aliphatic heterocycles.